The number of nitrogens with two attached hydrogens (primary N) is 1. The van der Waals surface area contributed by atoms with Gasteiger partial charge in [-0.15, -0.1) is 0 Å². The highest BCUT2D eigenvalue weighted by atomic mass is 16.6. The molecule has 204 valence electrons. The van der Waals surface area contributed by atoms with Crippen molar-refractivity contribution in [2.45, 2.75) is 32.4 Å². The Balaban J connectivity index is 1.29. The third-order valence-electron chi connectivity index (χ3n) is 7.22. The molecule has 5 rings (SSSR count). The topological polar surface area (TPSA) is 109 Å². The van der Waals surface area contributed by atoms with Crippen molar-refractivity contribution in [3.05, 3.63) is 77.9 Å². The lowest BCUT2D eigenvalue weighted by atomic mass is 10.1. The summed E-state index contributed by atoms with van der Waals surface area (Å²) in [5.74, 6) is 1.07. The van der Waals surface area contributed by atoms with Crippen LogP contribution in [0.4, 0.5) is 21.9 Å². The van der Waals surface area contributed by atoms with Crippen LogP contribution in [0.5, 0.6) is 11.5 Å². The summed E-state index contributed by atoms with van der Waals surface area (Å²) in [6.07, 6.45) is 2.19. The maximum atomic E-state index is 13.5. The fourth-order valence-electron chi connectivity index (χ4n) is 5.10. The Hall–Kier alpha value is -4.24. The molecule has 3 amide bonds. The number of ether oxygens (including phenoxy) is 2. The largest absolute Gasteiger partial charge is 0.486 e. The van der Waals surface area contributed by atoms with E-state index in [0.29, 0.717) is 66.5 Å². The van der Waals surface area contributed by atoms with E-state index in [4.69, 9.17) is 15.2 Å². The predicted octanol–water partition coefficient (Wildman–Crippen LogP) is 4.81. The molecule has 2 aliphatic heterocycles. The van der Waals surface area contributed by atoms with E-state index in [2.05, 4.69) is 22.5 Å². The average molecular weight is 530 g/mol. The summed E-state index contributed by atoms with van der Waals surface area (Å²) in [6, 6.07) is 20.0. The first kappa shape index (κ1) is 26.4. The van der Waals surface area contributed by atoms with Crippen molar-refractivity contribution in [1.29, 1.82) is 0 Å². The van der Waals surface area contributed by atoms with Crippen LogP contribution in [0.3, 0.4) is 0 Å². The van der Waals surface area contributed by atoms with Crippen molar-refractivity contribution in [2.75, 3.05) is 49.2 Å². The van der Waals surface area contributed by atoms with Crippen LogP contribution in [-0.4, -0.2) is 60.6 Å². The van der Waals surface area contributed by atoms with Gasteiger partial charge in [0.25, 0.3) is 5.91 Å². The van der Waals surface area contributed by atoms with Gasteiger partial charge in [0.1, 0.15) is 13.2 Å². The lowest BCUT2D eigenvalue weighted by molar-refractivity contribution is 0.102. The van der Waals surface area contributed by atoms with Crippen LogP contribution in [0, 0.1) is 0 Å². The van der Waals surface area contributed by atoms with Gasteiger partial charge in [-0.25, -0.2) is 4.79 Å². The molecule has 1 saturated heterocycles. The van der Waals surface area contributed by atoms with Gasteiger partial charge in [-0.05, 0) is 67.9 Å². The van der Waals surface area contributed by atoms with Crippen molar-refractivity contribution < 1.29 is 19.1 Å². The molecule has 9 heteroatoms. The minimum atomic E-state index is -0.239. The number of likely N-dealkylation sites (N-methyl/N-ethyl adjacent to an activating group) is 1. The van der Waals surface area contributed by atoms with Gasteiger partial charge in [0, 0.05) is 36.4 Å². The first-order chi connectivity index (χ1) is 19.0. The summed E-state index contributed by atoms with van der Waals surface area (Å²) in [5.41, 5.74) is 9.14. The summed E-state index contributed by atoms with van der Waals surface area (Å²) in [6.45, 7) is 6.19. The summed E-state index contributed by atoms with van der Waals surface area (Å²) >= 11 is 0. The van der Waals surface area contributed by atoms with Gasteiger partial charge in [0.2, 0.25) is 0 Å². The molecule has 0 bridgehead atoms. The molecule has 1 fully saturated rings. The number of nitrogen functional groups attached to an aromatic ring is 1. The summed E-state index contributed by atoms with van der Waals surface area (Å²) in [5, 5.41) is 5.89. The Morgan fingerprint density at radius 2 is 1.77 bits per heavy atom. The van der Waals surface area contributed by atoms with Gasteiger partial charge in [-0.3, -0.25) is 9.69 Å². The summed E-state index contributed by atoms with van der Waals surface area (Å²) < 4.78 is 11.3. The number of carbonyl (C=O) groups excluding carboxylic acids is 2. The molecule has 1 unspecified atom stereocenters. The Morgan fingerprint density at radius 1 is 1.00 bits per heavy atom. The third-order valence-corrected chi connectivity index (χ3v) is 7.22. The molecular weight excluding hydrogens is 494 g/mol. The zero-order valence-electron chi connectivity index (χ0n) is 22.2. The van der Waals surface area contributed by atoms with Crippen LogP contribution in [0.1, 0.15) is 35.7 Å². The second-order valence-electron chi connectivity index (χ2n) is 9.83. The summed E-state index contributed by atoms with van der Waals surface area (Å²) in [7, 11) is 0. The molecule has 2 aliphatic rings. The normalized spacial score (nSPS) is 16.5. The van der Waals surface area contributed by atoms with Gasteiger partial charge in [-0.2, -0.15) is 0 Å². The number of fused-ring (bicyclic) bond motifs is 1. The van der Waals surface area contributed by atoms with Crippen molar-refractivity contribution >= 4 is 29.0 Å². The zero-order valence-corrected chi connectivity index (χ0v) is 22.2. The lowest BCUT2D eigenvalue weighted by Crippen LogP contribution is -2.44. The third kappa shape index (κ3) is 6.43. The molecule has 0 radical (unpaired) electrons. The SMILES string of the molecule is CCN1CCCC1CN(Cc1ccc(C(=O)Nc2ccccc2N)cc1)C(=O)Nc1ccc2c(c1)OCCO2. The van der Waals surface area contributed by atoms with Crippen molar-refractivity contribution in [1.82, 2.24) is 9.80 Å². The van der Waals surface area contributed by atoms with Gasteiger partial charge in [0.05, 0.1) is 11.4 Å². The molecule has 0 aromatic heterocycles. The highest BCUT2D eigenvalue weighted by Gasteiger charge is 2.27. The zero-order chi connectivity index (χ0) is 27.2. The van der Waals surface area contributed by atoms with Crippen molar-refractivity contribution in [2.24, 2.45) is 0 Å². The number of anilines is 3. The van der Waals surface area contributed by atoms with Gasteiger partial charge in [-0.1, -0.05) is 31.2 Å². The molecular formula is C30H35N5O4. The fraction of sp³-hybridized carbons (Fsp3) is 0.333. The molecule has 3 aromatic rings. The van der Waals surface area contributed by atoms with Crippen LogP contribution in [0.15, 0.2) is 66.7 Å². The first-order valence-electron chi connectivity index (χ1n) is 13.4. The van der Waals surface area contributed by atoms with Crippen LogP contribution >= 0.6 is 0 Å². The van der Waals surface area contributed by atoms with E-state index in [9.17, 15) is 9.59 Å². The molecule has 9 nitrogen and oxygen atoms in total. The number of benzene rings is 3. The minimum absolute atomic E-state index is 0.184. The van der Waals surface area contributed by atoms with E-state index in [1.165, 1.54) is 0 Å². The van der Waals surface area contributed by atoms with E-state index >= 15 is 0 Å². The number of hydrogen-bond donors (Lipinski definition) is 3. The van der Waals surface area contributed by atoms with Crippen LogP contribution in [0.25, 0.3) is 0 Å². The molecule has 2 heterocycles. The maximum Gasteiger partial charge on any atom is 0.322 e. The monoisotopic (exact) mass is 529 g/mol. The number of rotatable bonds is 8. The fourth-order valence-corrected chi connectivity index (χ4v) is 5.10. The standard InChI is InChI=1S/C30H35N5O4/c1-2-34-15-5-6-24(34)20-35(30(37)32-23-13-14-27-28(18-23)39-17-16-38-27)19-21-9-11-22(12-10-21)29(36)33-26-8-4-3-7-25(26)31/h3-4,7-14,18,24H,2,5-6,15-17,19-20,31H2,1H3,(H,32,37)(H,33,36). The Labute approximate surface area is 228 Å². The van der Waals surface area contributed by atoms with Crippen LogP contribution in [-0.2, 0) is 6.54 Å². The van der Waals surface area contributed by atoms with Crippen LogP contribution < -0.4 is 25.8 Å². The van der Waals surface area contributed by atoms with E-state index in [1.54, 1.807) is 30.3 Å². The van der Waals surface area contributed by atoms with Gasteiger partial charge in [0.15, 0.2) is 11.5 Å². The quantitative estimate of drug-likeness (QED) is 0.362. The Morgan fingerprint density at radius 3 is 2.54 bits per heavy atom. The average Bonchev–Trinajstić information content (AvgIpc) is 3.41. The minimum Gasteiger partial charge on any atom is -0.486 e. The number of likely N-dealkylation sites (tertiary alicyclic amines) is 1. The lowest BCUT2D eigenvalue weighted by Gasteiger charge is -2.30. The van der Waals surface area contributed by atoms with E-state index < -0.39 is 0 Å². The van der Waals surface area contributed by atoms with Crippen molar-refractivity contribution in [3.63, 3.8) is 0 Å². The second-order valence-corrected chi connectivity index (χ2v) is 9.83. The number of nitrogens with one attached hydrogen (secondary N) is 2. The molecule has 0 spiro atoms. The van der Waals surface area contributed by atoms with E-state index in [1.807, 2.05) is 41.3 Å². The second kappa shape index (κ2) is 12.1. The number of urea groups is 1. The molecule has 3 aromatic carbocycles. The van der Waals surface area contributed by atoms with Crippen LogP contribution in [0.2, 0.25) is 0 Å². The van der Waals surface area contributed by atoms with E-state index in [0.717, 1.165) is 31.5 Å². The highest BCUT2D eigenvalue weighted by Crippen LogP contribution is 2.33. The van der Waals surface area contributed by atoms with Gasteiger partial charge >= 0.3 is 6.03 Å². The number of amides is 3. The number of para-hydroxylation sites is 2. The number of carbonyl (C=O) groups is 2. The predicted molar refractivity (Wildman–Crippen MR) is 152 cm³/mol. The van der Waals surface area contributed by atoms with E-state index in [-0.39, 0.29) is 11.9 Å². The number of hydrogen-bond acceptors (Lipinski definition) is 6. The molecule has 4 N–H and O–H groups in total. The Kier molecular flexibility index (Phi) is 8.17. The molecule has 0 aliphatic carbocycles. The Bertz CT molecular complexity index is 1310. The maximum absolute atomic E-state index is 13.5. The number of nitrogens with zero attached hydrogens (tertiary/aromatic N) is 2. The van der Waals surface area contributed by atoms with Gasteiger partial charge < -0.3 is 30.7 Å². The molecule has 0 saturated carbocycles. The summed E-state index contributed by atoms with van der Waals surface area (Å²) in [4.78, 5) is 30.5. The smallest absolute Gasteiger partial charge is 0.322 e. The molecule has 39 heavy (non-hydrogen) atoms. The highest BCUT2D eigenvalue weighted by molar-refractivity contribution is 6.05. The molecule has 1 atom stereocenters. The van der Waals surface area contributed by atoms with Crippen molar-refractivity contribution in [3.8, 4) is 11.5 Å². The first-order valence-corrected chi connectivity index (χ1v) is 13.4.